The standard InChI is InChI=1S/C20H28O/c1-15-6-5-7-18-19(15,3)11-8-16(2)20(18,4)12-9-17-10-13-21-14-17/h9-10,12-14,16,18H,1,5-8,11H2,2-4H3/b12-9+/t16-,18+,19+,20+/m1/s1. The fourth-order valence-corrected chi connectivity index (χ4v) is 4.82. The van der Waals surface area contributed by atoms with Gasteiger partial charge in [-0.3, -0.25) is 0 Å². The van der Waals surface area contributed by atoms with E-state index in [0.29, 0.717) is 5.41 Å². The third-order valence-electron chi connectivity index (χ3n) is 6.64. The van der Waals surface area contributed by atoms with Gasteiger partial charge in [0.1, 0.15) is 0 Å². The zero-order chi connectivity index (χ0) is 15.1. The summed E-state index contributed by atoms with van der Waals surface area (Å²) in [4.78, 5) is 0. The lowest BCUT2D eigenvalue weighted by Gasteiger charge is -2.57. The Kier molecular flexibility index (Phi) is 3.63. The summed E-state index contributed by atoms with van der Waals surface area (Å²) in [5.74, 6) is 1.45. The van der Waals surface area contributed by atoms with Crippen LogP contribution in [0.3, 0.4) is 0 Å². The third kappa shape index (κ3) is 2.31. The number of allylic oxidation sites excluding steroid dienone is 2. The Labute approximate surface area is 129 Å². The van der Waals surface area contributed by atoms with Gasteiger partial charge in [0.2, 0.25) is 0 Å². The molecule has 3 rings (SSSR count). The minimum atomic E-state index is 0.258. The second-order valence-corrected chi connectivity index (χ2v) is 7.66. The van der Waals surface area contributed by atoms with Gasteiger partial charge in [-0.25, -0.2) is 0 Å². The molecule has 1 heterocycles. The fourth-order valence-electron chi connectivity index (χ4n) is 4.82. The first-order chi connectivity index (χ1) is 9.97. The number of hydrogen-bond acceptors (Lipinski definition) is 1. The molecule has 1 nitrogen and oxygen atoms in total. The van der Waals surface area contributed by atoms with E-state index < -0.39 is 0 Å². The van der Waals surface area contributed by atoms with Gasteiger partial charge in [-0.15, -0.1) is 0 Å². The Morgan fingerprint density at radius 3 is 2.86 bits per heavy atom. The van der Waals surface area contributed by atoms with Crippen LogP contribution >= 0.6 is 0 Å². The molecule has 4 atom stereocenters. The summed E-state index contributed by atoms with van der Waals surface area (Å²) < 4.78 is 5.19. The quantitative estimate of drug-likeness (QED) is 0.599. The van der Waals surface area contributed by atoms with E-state index in [4.69, 9.17) is 4.42 Å². The zero-order valence-corrected chi connectivity index (χ0v) is 13.7. The predicted octanol–water partition coefficient (Wildman–Crippen LogP) is 6.09. The lowest BCUT2D eigenvalue weighted by Crippen LogP contribution is -2.49. The number of furan rings is 1. The molecular formula is C20H28O. The summed E-state index contributed by atoms with van der Waals surface area (Å²) in [5.41, 5.74) is 3.26. The van der Waals surface area contributed by atoms with E-state index in [1.807, 2.05) is 12.3 Å². The number of hydrogen-bond donors (Lipinski definition) is 0. The third-order valence-corrected chi connectivity index (χ3v) is 6.64. The van der Waals surface area contributed by atoms with Crippen LogP contribution in [0.1, 0.15) is 58.4 Å². The summed E-state index contributed by atoms with van der Waals surface area (Å²) in [7, 11) is 0. The molecular weight excluding hydrogens is 256 g/mol. The molecule has 2 aliphatic carbocycles. The van der Waals surface area contributed by atoms with Crippen molar-refractivity contribution >= 4 is 6.08 Å². The molecule has 1 aromatic heterocycles. The Balaban J connectivity index is 1.95. The van der Waals surface area contributed by atoms with Gasteiger partial charge in [0, 0.05) is 5.56 Å². The lowest BCUT2D eigenvalue weighted by atomic mass is 9.47. The molecule has 0 aliphatic heterocycles. The minimum absolute atomic E-state index is 0.258. The van der Waals surface area contributed by atoms with Gasteiger partial charge < -0.3 is 4.42 Å². The summed E-state index contributed by atoms with van der Waals surface area (Å²) in [6.07, 6.45) is 14.8. The van der Waals surface area contributed by atoms with Gasteiger partial charge in [-0.05, 0) is 60.8 Å². The van der Waals surface area contributed by atoms with Crippen LogP contribution in [0.15, 0.2) is 41.2 Å². The molecule has 0 unspecified atom stereocenters. The van der Waals surface area contributed by atoms with Gasteiger partial charge in [0.15, 0.2) is 0 Å². The van der Waals surface area contributed by atoms with Crippen molar-refractivity contribution in [3.05, 3.63) is 42.4 Å². The van der Waals surface area contributed by atoms with E-state index in [1.165, 1.54) is 43.2 Å². The average molecular weight is 284 g/mol. The van der Waals surface area contributed by atoms with Crippen molar-refractivity contribution in [3.63, 3.8) is 0 Å². The first-order valence-corrected chi connectivity index (χ1v) is 8.36. The highest BCUT2D eigenvalue weighted by molar-refractivity contribution is 5.48. The van der Waals surface area contributed by atoms with Crippen molar-refractivity contribution in [1.82, 2.24) is 0 Å². The van der Waals surface area contributed by atoms with Gasteiger partial charge in [0.25, 0.3) is 0 Å². The van der Waals surface area contributed by atoms with Crippen LogP contribution in [0.2, 0.25) is 0 Å². The first kappa shape index (κ1) is 14.7. The van der Waals surface area contributed by atoms with Crippen LogP contribution in [0.5, 0.6) is 0 Å². The van der Waals surface area contributed by atoms with Crippen molar-refractivity contribution in [1.29, 1.82) is 0 Å². The van der Waals surface area contributed by atoms with Gasteiger partial charge in [-0.1, -0.05) is 45.1 Å². The molecule has 0 bridgehead atoms. The number of fused-ring (bicyclic) bond motifs is 1. The molecule has 0 saturated heterocycles. The highest BCUT2D eigenvalue weighted by Gasteiger charge is 2.52. The molecule has 2 saturated carbocycles. The fraction of sp³-hybridized carbons (Fsp3) is 0.600. The van der Waals surface area contributed by atoms with Crippen molar-refractivity contribution < 1.29 is 4.42 Å². The van der Waals surface area contributed by atoms with Gasteiger partial charge in [0.05, 0.1) is 12.5 Å². The maximum Gasteiger partial charge on any atom is 0.0974 e. The van der Waals surface area contributed by atoms with E-state index >= 15 is 0 Å². The smallest absolute Gasteiger partial charge is 0.0974 e. The molecule has 2 fully saturated rings. The molecule has 2 aliphatic rings. The number of rotatable bonds is 2. The van der Waals surface area contributed by atoms with Crippen LogP contribution in [0.4, 0.5) is 0 Å². The summed E-state index contributed by atoms with van der Waals surface area (Å²) in [6, 6.07) is 2.03. The van der Waals surface area contributed by atoms with Crippen molar-refractivity contribution in [3.8, 4) is 0 Å². The normalized spacial score (nSPS) is 40.4. The van der Waals surface area contributed by atoms with Crippen molar-refractivity contribution in [2.24, 2.45) is 22.7 Å². The molecule has 114 valence electrons. The minimum Gasteiger partial charge on any atom is -0.472 e. The highest BCUT2D eigenvalue weighted by atomic mass is 16.3. The van der Waals surface area contributed by atoms with Gasteiger partial charge in [-0.2, -0.15) is 0 Å². The second kappa shape index (κ2) is 5.19. The Morgan fingerprint density at radius 2 is 2.14 bits per heavy atom. The maximum absolute atomic E-state index is 5.19. The molecule has 0 spiro atoms. The first-order valence-electron chi connectivity index (χ1n) is 8.36. The molecule has 21 heavy (non-hydrogen) atoms. The van der Waals surface area contributed by atoms with Crippen LogP contribution < -0.4 is 0 Å². The topological polar surface area (TPSA) is 13.1 Å². The maximum atomic E-state index is 5.19. The van der Waals surface area contributed by atoms with Crippen LogP contribution in [0, 0.1) is 22.7 Å². The monoisotopic (exact) mass is 284 g/mol. The molecule has 0 aromatic carbocycles. The van der Waals surface area contributed by atoms with Crippen molar-refractivity contribution in [2.75, 3.05) is 0 Å². The van der Waals surface area contributed by atoms with E-state index in [9.17, 15) is 0 Å². The molecule has 1 heteroatoms. The largest absolute Gasteiger partial charge is 0.472 e. The van der Waals surface area contributed by atoms with E-state index in [-0.39, 0.29) is 5.41 Å². The Bertz CT molecular complexity index is 538. The SMILES string of the molecule is C=C1CCC[C@@H]2[C@@](C)(/C=C/c3ccoc3)[C@H](C)CC[C@@]12C. The average Bonchev–Trinajstić information content (AvgIpc) is 2.97. The zero-order valence-electron chi connectivity index (χ0n) is 13.7. The van der Waals surface area contributed by atoms with E-state index in [1.54, 1.807) is 6.26 Å². The second-order valence-electron chi connectivity index (χ2n) is 7.66. The summed E-state index contributed by atoms with van der Waals surface area (Å²) >= 11 is 0. The van der Waals surface area contributed by atoms with Gasteiger partial charge >= 0.3 is 0 Å². The predicted molar refractivity (Wildman–Crippen MR) is 88.8 cm³/mol. The Morgan fingerprint density at radius 1 is 1.33 bits per heavy atom. The van der Waals surface area contributed by atoms with E-state index in [0.717, 1.165) is 11.8 Å². The molecule has 1 aromatic rings. The van der Waals surface area contributed by atoms with Crippen LogP contribution in [-0.4, -0.2) is 0 Å². The van der Waals surface area contributed by atoms with E-state index in [2.05, 4.69) is 39.5 Å². The van der Waals surface area contributed by atoms with Crippen LogP contribution in [-0.2, 0) is 0 Å². The molecule has 0 radical (unpaired) electrons. The summed E-state index contributed by atoms with van der Waals surface area (Å²) in [6.45, 7) is 11.8. The molecule has 0 amide bonds. The molecule has 0 N–H and O–H groups in total. The summed E-state index contributed by atoms with van der Waals surface area (Å²) in [5, 5.41) is 0. The highest BCUT2D eigenvalue weighted by Crippen LogP contribution is 2.61. The van der Waals surface area contributed by atoms with Crippen molar-refractivity contribution in [2.45, 2.75) is 52.9 Å². The van der Waals surface area contributed by atoms with Crippen LogP contribution in [0.25, 0.3) is 6.08 Å². The Hall–Kier alpha value is -1.24. The lowest BCUT2D eigenvalue weighted by molar-refractivity contribution is -0.0157.